The van der Waals surface area contributed by atoms with E-state index in [1.165, 1.54) is 19.3 Å². The predicted octanol–water partition coefficient (Wildman–Crippen LogP) is 5.72. The van der Waals surface area contributed by atoms with Crippen molar-refractivity contribution >= 4 is 11.6 Å². The maximum absolute atomic E-state index is 13.4. The molecule has 4 nitrogen and oxygen atoms in total. The summed E-state index contributed by atoms with van der Waals surface area (Å²) in [5.41, 5.74) is 3.12. The zero-order chi connectivity index (χ0) is 21.4. The van der Waals surface area contributed by atoms with Crippen molar-refractivity contribution in [3.8, 4) is 6.07 Å². The van der Waals surface area contributed by atoms with Gasteiger partial charge in [-0.3, -0.25) is 4.79 Å². The van der Waals surface area contributed by atoms with Crippen molar-refractivity contribution in [1.29, 1.82) is 5.26 Å². The Balaban J connectivity index is 0.00000190. The molecule has 1 fully saturated rings. The number of hydrogen-bond donors (Lipinski definition) is 1. The average Bonchev–Trinajstić information content (AvgIpc) is 2.65. The molecule has 1 unspecified atom stereocenters. The van der Waals surface area contributed by atoms with Gasteiger partial charge >= 0.3 is 0 Å². The number of amides is 1. The Bertz CT molecular complexity index is 677. The summed E-state index contributed by atoms with van der Waals surface area (Å²) in [6, 6.07) is 5.89. The number of nitrogens with one attached hydrogen (secondary N) is 1. The molecule has 0 heterocycles. The van der Waals surface area contributed by atoms with Crippen LogP contribution in [0.3, 0.4) is 0 Å². The second kappa shape index (κ2) is 10.6. The lowest BCUT2D eigenvalue weighted by atomic mass is 9.72. The monoisotopic (exact) mass is 386 g/mol. The molecule has 0 bridgehead atoms. The Morgan fingerprint density at radius 2 is 1.75 bits per heavy atom. The van der Waals surface area contributed by atoms with Gasteiger partial charge in [0.15, 0.2) is 5.54 Å². The van der Waals surface area contributed by atoms with Gasteiger partial charge in [-0.05, 0) is 63.3 Å². The number of quaternary nitrogens is 1. The van der Waals surface area contributed by atoms with E-state index in [0.717, 1.165) is 53.6 Å². The Kier molecular flexibility index (Phi) is 9.17. The van der Waals surface area contributed by atoms with E-state index in [9.17, 15) is 4.79 Å². The fourth-order valence-electron chi connectivity index (χ4n) is 4.36. The van der Waals surface area contributed by atoms with E-state index >= 15 is 0 Å². The number of rotatable bonds is 8. The zero-order valence-corrected chi connectivity index (χ0v) is 19.1. The number of unbranched alkanes of at least 4 members (excludes halogenated alkanes) is 2. The summed E-state index contributed by atoms with van der Waals surface area (Å²) in [6.45, 7) is 14.4. The predicted molar refractivity (Wildman–Crippen MR) is 118 cm³/mol. The van der Waals surface area contributed by atoms with Crippen molar-refractivity contribution < 1.29 is 9.28 Å². The molecule has 0 spiro atoms. The van der Waals surface area contributed by atoms with Crippen molar-refractivity contribution in [2.45, 2.75) is 85.6 Å². The Hall–Kier alpha value is -1.86. The van der Waals surface area contributed by atoms with E-state index in [0.29, 0.717) is 5.56 Å². The lowest BCUT2D eigenvalue weighted by molar-refractivity contribution is -0.953. The van der Waals surface area contributed by atoms with Gasteiger partial charge in [-0.1, -0.05) is 27.2 Å². The van der Waals surface area contributed by atoms with Crippen LogP contribution in [0, 0.1) is 25.2 Å². The number of likely N-dealkylation sites (N-methyl/N-ethyl adjacent to an activating group) is 1. The largest absolute Gasteiger partial charge is 0.320 e. The van der Waals surface area contributed by atoms with Crippen molar-refractivity contribution in [3.63, 3.8) is 0 Å². The first-order valence-corrected chi connectivity index (χ1v) is 11.0. The van der Waals surface area contributed by atoms with Crippen LogP contribution in [0.5, 0.6) is 0 Å². The first kappa shape index (κ1) is 24.2. The highest BCUT2D eigenvalue weighted by Crippen LogP contribution is 2.43. The minimum absolute atomic E-state index is 0.153. The minimum atomic E-state index is -0.310. The molecule has 0 radical (unpaired) electrons. The highest BCUT2D eigenvalue weighted by atomic mass is 16.2. The van der Waals surface area contributed by atoms with Crippen molar-refractivity contribution in [3.05, 3.63) is 28.8 Å². The van der Waals surface area contributed by atoms with Crippen LogP contribution in [-0.4, -0.2) is 36.1 Å². The van der Waals surface area contributed by atoms with Crippen molar-refractivity contribution in [1.82, 2.24) is 0 Å². The second-order valence-electron chi connectivity index (χ2n) is 8.08. The van der Waals surface area contributed by atoms with E-state index in [1.54, 1.807) is 0 Å². The molecule has 0 saturated heterocycles. The van der Waals surface area contributed by atoms with Gasteiger partial charge in [0.25, 0.3) is 5.91 Å². The maximum Gasteiger partial charge on any atom is 0.285 e. The highest BCUT2D eigenvalue weighted by molar-refractivity contribution is 5.99. The number of nitrogens with zero attached hydrogens (tertiary/aromatic N) is 2. The molecular weight excluding hydrogens is 346 g/mol. The molecule has 2 rings (SSSR count). The van der Waals surface area contributed by atoms with Crippen LogP contribution in [0.15, 0.2) is 12.1 Å². The number of carbonyl (C=O) groups excluding carboxylic acids is 1. The SMILES string of the molecule is CC.CCCCC[N+](C)(CC)C1(C(=O)Nc2c(C)cc(C#N)cc2C)CCC1. The zero-order valence-electron chi connectivity index (χ0n) is 19.1. The molecule has 4 heteroatoms. The molecule has 1 aliphatic rings. The van der Waals surface area contributed by atoms with Crippen molar-refractivity contribution in [2.24, 2.45) is 0 Å². The Morgan fingerprint density at radius 3 is 2.14 bits per heavy atom. The molecule has 0 aromatic heterocycles. The van der Waals surface area contributed by atoms with Crippen LogP contribution >= 0.6 is 0 Å². The third kappa shape index (κ3) is 4.75. The summed E-state index contributed by atoms with van der Waals surface area (Å²) in [5.74, 6) is 0.153. The highest BCUT2D eigenvalue weighted by Gasteiger charge is 2.57. The summed E-state index contributed by atoms with van der Waals surface area (Å²) in [7, 11) is 2.26. The molecule has 0 aliphatic heterocycles. The molecule has 1 atom stereocenters. The molecule has 1 aromatic carbocycles. The van der Waals surface area contributed by atoms with Gasteiger partial charge < -0.3 is 9.80 Å². The number of aryl methyl sites for hydroxylation is 2. The number of anilines is 1. The first-order valence-electron chi connectivity index (χ1n) is 11.0. The van der Waals surface area contributed by atoms with E-state index in [1.807, 2.05) is 39.8 Å². The fourth-order valence-corrected chi connectivity index (χ4v) is 4.36. The summed E-state index contributed by atoms with van der Waals surface area (Å²) < 4.78 is 0.827. The number of carbonyl (C=O) groups is 1. The van der Waals surface area contributed by atoms with Gasteiger partial charge in [-0.15, -0.1) is 0 Å². The third-order valence-corrected chi connectivity index (χ3v) is 6.49. The van der Waals surface area contributed by atoms with Crippen LogP contribution in [0.2, 0.25) is 0 Å². The standard InChI is InChI=1S/C22H33N3O.C2H6/c1-6-8-9-13-25(5,7-2)22(11-10-12-22)21(26)24-20-17(3)14-19(16-23)15-18(20)4;1-2/h14-15H,6-13H2,1-5H3;1-2H3/p+1. The number of hydrogen-bond acceptors (Lipinski definition) is 2. The van der Waals surface area contributed by atoms with Crippen LogP contribution < -0.4 is 5.32 Å². The fraction of sp³-hybridized carbons (Fsp3) is 0.667. The second-order valence-corrected chi connectivity index (χ2v) is 8.08. The summed E-state index contributed by atoms with van der Waals surface area (Å²) >= 11 is 0. The van der Waals surface area contributed by atoms with E-state index < -0.39 is 0 Å². The molecule has 28 heavy (non-hydrogen) atoms. The van der Waals surface area contributed by atoms with Gasteiger partial charge in [0.1, 0.15) is 0 Å². The molecule has 1 amide bonds. The van der Waals surface area contributed by atoms with Gasteiger partial charge in [-0.2, -0.15) is 5.26 Å². The first-order chi connectivity index (χ1) is 13.3. The summed E-state index contributed by atoms with van der Waals surface area (Å²) in [6.07, 6.45) is 6.64. The molecule has 156 valence electrons. The smallest absolute Gasteiger partial charge is 0.285 e. The molecule has 1 aliphatic carbocycles. The Labute approximate surface area is 172 Å². The Morgan fingerprint density at radius 1 is 1.18 bits per heavy atom. The van der Waals surface area contributed by atoms with E-state index in [2.05, 4.69) is 32.3 Å². The average molecular weight is 387 g/mol. The molecule has 1 saturated carbocycles. The molecular formula is C24H40N3O+. The number of nitriles is 1. The number of benzene rings is 1. The third-order valence-electron chi connectivity index (χ3n) is 6.49. The lowest BCUT2D eigenvalue weighted by Crippen LogP contribution is -2.71. The van der Waals surface area contributed by atoms with Gasteiger partial charge in [0, 0.05) is 18.5 Å². The van der Waals surface area contributed by atoms with Gasteiger partial charge in [-0.25, -0.2) is 0 Å². The van der Waals surface area contributed by atoms with Crippen LogP contribution in [-0.2, 0) is 4.79 Å². The van der Waals surface area contributed by atoms with Gasteiger partial charge in [0.05, 0.1) is 31.8 Å². The normalized spacial score (nSPS) is 16.6. The van der Waals surface area contributed by atoms with E-state index in [4.69, 9.17) is 5.26 Å². The van der Waals surface area contributed by atoms with Crippen LogP contribution in [0.25, 0.3) is 0 Å². The molecule has 1 aromatic rings. The van der Waals surface area contributed by atoms with Crippen LogP contribution in [0.1, 0.15) is 82.9 Å². The summed E-state index contributed by atoms with van der Waals surface area (Å²) in [4.78, 5) is 13.4. The quantitative estimate of drug-likeness (QED) is 0.459. The van der Waals surface area contributed by atoms with Crippen molar-refractivity contribution in [2.75, 3.05) is 25.5 Å². The molecule has 1 N–H and O–H groups in total. The lowest BCUT2D eigenvalue weighted by Gasteiger charge is -2.54. The maximum atomic E-state index is 13.4. The van der Waals surface area contributed by atoms with Crippen LogP contribution in [0.4, 0.5) is 5.69 Å². The van der Waals surface area contributed by atoms with E-state index in [-0.39, 0.29) is 11.4 Å². The topological polar surface area (TPSA) is 52.9 Å². The summed E-state index contributed by atoms with van der Waals surface area (Å²) in [5, 5.41) is 12.4. The minimum Gasteiger partial charge on any atom is -0.320 e. The van der Waals surface area contributed by atoms with Gasteiger partial charge in [0.2, 0.25) is 0 Å².